The highest BCUT2D eigenvalue weighted by atomic mass is 16.3. The molecule has 0 radical (unpaired) electrons. The number of nitrogen functional groups attached to an aromatic ring is 1. The van der Waals surface area contributed by atoms with Crippen LogP contribution in [0.1, 0.15) is 27.0 Å². The maximum absolute atomic E-state index is 12.4. The summed E-state index contributed by atoms with van der Waals surface area (Å²) in [5.41, 5.74) is 9.01. The van der Waals surface area contributed by atoms with Crippen molar-refractivity contribution >= 4 is 29.4 Å². The van der Waals surface area contributed by atoms with Crippen LogP contribution >= 0.6 is 0 Å². The van der Waals surface area contributed by atoms with Gasteiger partial charge in [-0.3, -0.25) is 4.79 Å². The van der Waals surface area contributed by atoms with Crippen molar-refractivity contribution in [3.63, 3.8) is 0 Å². The number of nitrogens with two attached hydrogens (primary N) is 1. The first kappa shape index (κ1) is 15.4. The standard InChI is InChI=1S/C18H18N2O2/c1-4-12-10-15(17(21)16(19)14(12)5-2)18(22)20-13-8-6-11(3)7-9-13/h4-10,21H,1-2,19H2,3H3,(H,20,22). The molecule has 2 aromatic rings. The van der Waals surface area contributed by atoms with Crippen LogP contribution in [0, 0.1) is 6.92 Å². The quantitative estimate of drug-likeness (QED) is 0.592. The molecule has 0 aliphatic rings. The fourth-order valence-corrected chi connectivity index (χ4v) is 2.13. The molecule has 0 atom stereocenters. The SMILES string of the molecule is C=Cc1cc(C(=O)Nc2ccc(C)cc2)c(O)c(N)c1C=C. The second-order valence-corrected chi connectivity index (χ2v) is 4.92. The number of phenols is 1. The second-order valence-electron chi connectivity index (χ2n) is 4.92. The lowest BCUT2D eigenvalue weighted by Gasteiger charge is -2.13. The highest BCUT2D eigenvalue weighted by Crippen LogP contribution is 2.33. The first-order chi connectivity index (χ1) is 10.5. The van der Waals surface area contributed by atoms with E-state index < -0.39 is 5.91 Å². The van der Waals surface area contributed by atoms with E-state index in [1.807, 2.05) is 19.1 Å². The van der Waals surface area contributed by atoms with Gasteiger partial charge in [0, 0.05) is 11.3 Å². The molecule has 0 saturated carbocycles. The average Bonchev–Trinajstić information content (AvgIpc) is 2.51. The highest BCUT2D eigenvalue weighted by molar-refractivity contribution is 6.08. The lowest BCUT2D eigenvalue weighted by atomic mass is 9.99. The van der Waals surface area contributed by atoms with Gasteiger partial charge in [0.1, 0.15) is 0 Å². The number of carbonyl (C=O) groups excluding carboxylic acids is 1. The summed E-state index contributed by atoms with van der Waals surface area (Å²) in [5, 5.41) is 12.9. The lowest BCUT2D eigenvalue weighted by molar-refractivity contribution is 0.102. The van der Waals surface area contributed by atoms with E-state index in [0.717, 1.165) is 5.56 Å². The largest absolute Gasteiger partial charge is 0.505 e. The van der Waals surface area contributed by atoms with Crippen molar-refractivity contribution in [3.05, 3.63) is 65.7 Å². The van der Waals surface area contributed by atoms with Crippen LogP contribution in [0.4, 0.5) is 11.4 Å². The summed E-state index contributed by atoms with van der Waals surface area (Å²) in [4.78, 5) is 12.4. The van der Waals surface area contributed by atoms with Crippen LogP contribution in [0.3, 0.4) is 0 Å². The van der Waals surface area contributed by atoms with Crippen molar-refractivity contribution in [3.8, 4) is 5.75 Å². The van der Waals surface area contributed by atoms with Gasteiger partial charge in [0.25, 0.3) is 5.91 Å². The fraction of sp³-hybridized carbons (Fsp3) is 0.0556. The van der Waals surface area contributed by atoms with E-state index >= 15 is 0 Å². The van der Waals surface area contributed by atoms with Gasteiger partial charge < -0.3 is 16.2 Å². The Morgan fingerprint density at radius 3 is 2.41 bits per heavy atom. The number of hydrogen-bond donors (Lipinski definition) is 3. The minimum Gasteiger partial charge on any atom is -0.505 e. The van der Waals surface area contributed by atoms with Crippen molar-refractivity contribution in [2.45, 2.75) is 6.92 Å². The molecule has 0 heterocycles. The Kier molecular flexibility index (Phi) is 4.32. The van der Waals surface area contributed by atoms with Gasteiger partial charge in [-0.05, 0) is 30.7 Å². The van der Waals surface area contributed by atoms with Crippen molar-refractivity contribution in [2.75, 3.05) is 11.1 Å². The van der Waals surface area contributed by atoms with E-state index in [1.165, 1.54) is 6.08 Å². The van der Waals surface area contributed by atoms with E-state index in [2.05, 4.69) is 18.5 Å². The fourth-order valence-electron chi connectivity index (χ4n) is 2.13. The van der Waals surface area contributed by atoms with Gasteiger partial charge in [0.2, 0.25) is 0 Å². The summed E-state index contributed by atoms with van der Waals surface area (Å²) in [6, 6.07) is 8.90. The normalized spacial score (nSPS) is 10.0. The number of hydrogen-bond acceptors (Lipinski definition) is 3. The van der Waals surface area contributed by atoms with Crippen LogP contribution in [0.5, 0.6) is 5.75 Å². The summed E-state index contributed by atoms with van der Waals surface area (Å²) in [7, 11) is 0. The number of anilines is 2. The van der Waals surface area contributed by atoms with E-state index in [4.69, 9.17) is 5.73 Å². The van der Waals surface area contributed by atoms with Crippen LogP contribution in [0.2, 0.25) is 0 Å². The average molecular weight is 294 g/mol. The third-order valence-corrected chi connectivity index (χ3v) is 3.39. The predicted octanol–water partition coefficient (Wildman–Crippen LogP) is 3.82. The Bertz CT molecular complexity index is 747. The molecule has 0 fully saturated rings. The monoisotopic (exact) mass is 294 g/mol. The molecule has 4 nitrogen and oxygen atoms in total. The number of carbonyl (C=O) groups is 1. The zero-order valence-electron chi connectivity index (χ0n) is 12.4. The van der Waals surface area contributed by atoms with Gasteiger partial charge in [-0.1, -0.05) is 43.0 Å². The molecule has 0 spiro atoms. The van der Waals surface area contributed by atoms with Crippen LogP contribution < -0.4 is 11.1 Å². The topological polar surface area (TPSA) is 75.3 Å². The van der Waals surface area contributed by atoms with Crippen LogP contribution in [0.25, 0.3) is 12.2 Å². The Labute approximate surface area is 129 Å². The van der Waals surface area contributed by atoms with Gasteiger partial charge in [-0.2, -0.15) is 0 Å². The summed E-state index contributed by atoms with van der Waals surface area (Å²) < 4.78 is 0. The molecule has 2 rings (SSSR count). The van der Waals surface area contributed by atoms with Gasteiger partial charge in [0.15, 0.2) is 5.75 Å². The van der Waals surface area contributed by atoms with Gasteiger partial charge in [-0.15, -0.1) is 0 Å². The number of rotatable bonds is 4. The first-order valence-corrected chi connectivity index (χ1v) is 6.76. The molecule has 0 unspecified atom stereocenters. The molecule has 4 N–H and O–H groups in total. The van der Waals surface area contributed by atoms with Crippen molar-refractivity contribution in [1.29, 1.82) is 0 Å². The molecule has 4 heteroatoms. The van der Waals surface area contributed by atoms with E-state index in [0.29, 0.717) is 16.8 Å². The van der Waals surface area contributed by atoms with Gasteiger partial charge in [0.05, 0.1) is 11.3 Å². The maximum atomic E-state index is 12.4. The van der Waals surface area contributed by atoms with Crippen LogP contribution in [-0.4, -0.2) is 11.0 Å². The zero-order valence-corrected chi connectivity index (χ0v) is 12.4. The molecule has 112 valence electrons. The zero-order chi connectivity index (χ0) is 16.3. The number of aryl methyl sites for hydroxylation is 1. The van der Waals surface area contributed by atoms with E-state index in [9.17, 15) is 9.90 Å². The molecular weight excluding hydrogens is 276 g/mol. The Balaban J connectivity index is 2.41. The smallest absolute Gasteiger partial charge is 0.259 e. The Morgan fingerprint density at radius 2 is 1.86 bits per heavy atom. The molecule has 0 bridgehead atoms. The second kappa shape index (κ2) is 6.18. The van der Waals surface area contributed by atoms with Crippen molar-refractivity contribution in [1.82, 2.24) is 0 Å². The van der Waals surface area contributed by atoms with Gasteiger partial charge in [-0.25, -0.2) is 0 Å². The number of amides is 1. The highest BCUT2D eigenvalue weighted by Gasteiger charge is 2.18. The van der Waals surface area contributed by atoms with Crippen molar-refractivity contribution in [2.24, 2.45) is 0 Å². The lowest BCUT2D eigenvalue weighted by Crippen LogP contribution is -2.13. The third kappa shape index (κ3) is 2.86. The Morgan fingerprint density at radius 1 is 1.23 bits per heavy atom. The summed E-state index contributed by atoms with van der Waals surface area (Å²) in [5.74, 6) is -0.697. The number of phenolic OH excluding ortho intramolecular Hbond substituents is 1. The van der Waals surface area contributed by atoms with Gasteiger partial charge >= 0.3 is 0 Å². The molecule has 0 aliphatic carbocycles. The van der Waals surface area contributed by atoms with E-state index in [1.54, 1.807) is 24.3 Å². The number of benzene rings is 2. The third-order valence-electron chi connectivity index (χ3n) is 3.39. The van der Waals surface area contributed by atoms with Crippen LogP contribution in [-0.2, 0) is 0 Å². The summed E-state index contributed by atoms with van der Waals surface area (Å²) in [6.45, 7) is 9.30. The molecule has 0 aliphatic heterocycles. The molecule has 0 saturated heterocycles. The summed E-state index contributed by atoms with van der Waals surface area (Å²) in [6.07, 6.45) is 3.09. The van der Waals surface area contributed by atoms with Crippen molar-refractivity contribution < 1.29 is 9.90 Å². The van der Waals surface area contributed by atoms with E-state index in [-0.39, 0.29) is 17.0 Å². The molecule has 22 heavy (non-hydrogen) atoms. The number of nitrogens with one attached hydrogen (secondary N) is 1. The molecule has 0 aromatic heterocycles. The number of aromatic hydroxyl groups is 1. The Hall–Kier alpha value is -3.01. The maximum Gasteiger partial charge on any atom is 0.259 e. The molecule has 1 amide bonds. The van der Waals surface area contributed by atoms with Crippen LogP contribution in [0.15, 0.2) is 43.5 Å². The molecular formula is C18H18N2O2. The first-order valence-electron chi connectivity index (χ1n) is 6.76. The molecule has 2 aromatic carbocycles. The minimum absolute atomic E-state index is 0.0959. The minimum atomic E-state index is -0.438. The summed E-state index contributed by atoms with van der Waals surface area (Å²) >= 11 is 0. The predicted molar refractivity (Wildman–Crippen MR) is 91.8 cm³/mol.